The molecule has 2 aromatic carbocycles. The summed E-state index contributed by atoms with van der Waals surface area (Å²) in [5.41, 5.74) is 4.69. The van der Waals surface area contributed by atoms with E-state index in [0.717, 1.165) is 22.3 Å². The molecule has 5 heteroatoms. The third-order valence-corrected chi connectivity index (χ3v) is 5.69. The Morgan fingerprint density at radius 2 is 1.78 bits per heavy atom. The van der Waals surface area contributed by atoms with E-state index in [1.165, 1.54) is 0 Å². The molecule has 1 amide bonds. The van der Waals surface area contributed by atoms with Crippen molar-refractivity contribution in [2.75, 3.05) is 5.32 Å². The van der Waals surface area contributed by atoms with Gasteiger partial charge in [-0.25, -0.2) is 4.98 Å². The Morgan fingerprint density at radius 1 is 1.00 bits per heavy atom. The Kier molecular flexibility index (Phi) is 6.35. The standard InChI is InChI=1S/C27H28N2O3/c1-17(2)11-27(31)29-26-14-23-22-10-9-20(13-21(22)16-32-25(23)15-28-26)24(30)12-18(3)19-7-5-4-6-8-19/h4-10,13-15,17-18H,11-12,16H2,1-3H3,(H,28,29,31)/t18-/m0/s1. The second-order valence-corrected chi connectivity index (χ2v) is 8.81. The number of hydrogen-bond donors (Lipinski definition) is 1. The summed E-state index contributed by atoms with van der Waals surface area (Å²) in [6.45, 7) is 6.47. The van der Waals surface area contributed by atoms with Crippen LogP contribution >= 0.6 is 0 Å². The van der Waals surface area contributed by atoms with Crippen LogP contribution in [0.1, 0.15) is 61.0 Å². The zero-order chi connectivity index (χ0) is 22.7. The van der Waals surface area contributed by atoms with Gasteiger partial charge in [-0.3, -0.25) is 9.59 Å². The summed E-state index contributed by atoms with van der Waals surface area (Å²) in [5, 5.41) is 2.86. The average molecular weight is 429 g/mol. The number of nitrogens with zero attached hydrogens (tertiary/aromatic N) is 1. The van der Waals surface area contributed by atoms with Crippen molar-refractivity contribution in [3.63, 3.8) is 0 Å². The Bertz CT molecular complexity index is 1140. The summed E-state index contributed by atoms with van der Waals surface area (Å²) in [5.74, 6) is 1.67. The first-order chi connectivity index (χ1) is 15.4. The van der Waals surface area contributed by atoms with Gasteiger partial charge in [0.1, 0.15) is 18.2 Å². The summed E-state index contributed by atoms with van der Waals surface area (Å²) in [4.78, 5) is 29.4. The molecular formula is C27H28N2O3. The van der Waals surface area contributed by atoms with Gasteiger partial charge in [-0.2, -0.15) is 0 Å². The maximum atomic E-state index is 12.9. The Balaban J connectivity index is 1.53. The van der Waals surface area contributed by atoms with Crippen LogP contribution in [0.5, 0.6) is 5.75 Å². The fraction of sp³-hybridized carbons (Fsp3) is 0.296. The SMILES string of the molecule is CC(C)CC(=O)Nc1cc2c(cn1)OCc1cc(C(=O)C[C@H](C)c3ccccc3)ccc1-2. The number of aromatic nitrogens is 1. The zero-order valence-electron chi connectivity index (χ0n) is 18.7. The monoisotopic (exact) mass is 428 g/mol. The molecule has 0 saturated carbocycles. The van der Waals surface area contributed by atoms with E-state index in [0.29, 0.717) is 36.6 Å². The van der Waals surface area contributed by atoms with Gasteiger partial charge in [-0.1, -0.05) is 63.2 Å². The third kappa shape index (κ3) is 4.88. The average Bonchev–Trinajstić information content (AvgIpc) is 2.78. The largest absolute Gasteiger partial charge is 0.487 e. The van der Waals surface area contributed by atoms with E-state index in [2.05, 4.69) is 29.4 Å². The van der Waals surface area contributed by atoms with E-state index in [9.17, 15) is 9.59 Å². The fourth-order valence-corrected chi connectivity index (χ4v) is 4.00. The summed E-state index contributed by atoms with van der Waals surface area (Å²) < 4.78 is 5.87. The lowest BCUT2D eigenvalue weighted by molar-refractivity contribution is -0.116. The summed E-state index contributed by atoms with van der Waals surface area (Å²) in [6, 6.07) is 17.7. The molecule has 0 aliphatic carbocycles. The van der Waals surface area contributed by atoms with Gasteiger partial charge in [-0.05, 0) is 40.7 Å². The highest BCUT2D eigenvalue weighted by atomic mass is 16.5. The number of hydrogen-bond acceptors (Lipinski definition) is 4. The predicted octanol–water partition coefficient (Wildman–Crippen LogP) is 6.00. The molecule has 0 saturated heterocycles. The molecule has 0 spiro atoms. The molecule has 0 unspecified atom stereocenters. The summed E-state index contributed by atoms with van der Waals surface area (Å²) >= 11 is 0. The highest BCUT2D eigenvalue weighted by Gasteiger charge is 2.21. The molecule has 1 N–H and O–H groups in total. The first kappa shape index (κ1) is 21.8. The minimum atomic E-state index is -0.0575. The molecule has 2 heterocycles. The summed E-state index contributed by atoms with van der Waals surface area (Å²) in [7, 11) is 0. The summed E-state index contributed by atoms with van der Waals surface area (Å²) in [6.07, 6.45) is 2.54. The molecule has 164 valence electrons. The van der Waals surface area contributed by atoms with Gasteiger partial charge in [0.05, 0.1) is 6.20 Å². The molecule has 1 aliphatic rings. The van der Waals surface area contributed by atoms with Crippen LogP contribution in [0.15, 0.2) is 60.8 Å². The Morgan fingerprint density at radius 3 is 2.53 bits per heavy atom. The van der Waals surface area contributed by atoms with Crippen LogP contribution in [-0.4, -0.2) is 16.7 Å². The third-order valence-electron chi connectivity index (χ3n) is 5.69. The zero-order valence-corrected chi connectivity index (χ0v) is 18.7. The lowest BCUT2D eigenvalue weighted by atomic mass is 9.90. The van der Waals surface area contributed by atoms with Crippen molar-refractivity contribution in [2.45, 2.75) is 46.1 Å². The van der Waals surface area contributed by atoms with Gasteiger partial charge in [0.25, 0.3) is 0 Å². The smallest absolute Gasteiger partial charge is 0.225 e. The van der Waals surface area contributed by atoms with Crippen LogP contribution in [0.2, 0.25) is 0 Å². The molecule has 4 rings (SSSR count). The number of anilines is 1. The highest BCUT2D eigenvalue weighted by molar-refractivity contribution is 5.98. The highest BCUT2D eigenvalue weighted by Crippen LogP contribution is 2.39. The van der Waals surface area contributed by atoms with Crippen LogP contribution in [-0.2, 0) is 11.4 Å². The molecule has 1 atom stereocenters. The van der Waals surface area contributed by atoms with Crippen LogP contribution in [0, 0.1) is 5.92 Å². The number of fused-ring (bicyclic) bond motifs is 3. The molecule has 32 heavy (non-hydrogen) atoms. The van der Waals surface area contributed by atoms with Crippen LogP contribution in [0.3, 0.4) is 0 Å². The number of Topliss-reactive ketones (excluding diaryl/α,β-unsaturated/α-hetero) is 1. The van der Waals surface area contributed by atoms with Gasteiger partial charge in [0.15, 0.2) is 5.78 Å². The van der Waals surface area contributed by atoms with Crippen molar-refractivity contribution in [1.29, 1.82) is 0 Å². The van der Waals surface area contributed by atoms with Gasteiger partial charge < -0.3 is 10.1 Å². The predicted molar refractivity (Wildman–Crippen MR) is 126 cm³/mol. The normalized spacial score (nSPS) is 13.0. The number of carbonyl (C=O) groups excluding carboxylic acids is 2. The molecular weight excluding hydrogens is 400 g/mol. The minimum Gasteiger partial charge on any atom is -0.487 e. The Labute approximate surface area is 188 Å². The molecule has 1 aliphatic heterocycles. The van der Waals surface area contributed by atoms with Gasteiger partial charge in [0.2, 0.25) is 5.91 Å². The maximum absolute atomic E-state index is 12.9. The number of ketones is 1. The quantitative estimate of drug-likeness (QED) is 0.469. The number of carbonyl (C=O) groups is 2. The maximum Gasteiger partial charge on any atom is 0.225 e. The minimum absolute atomic E-state index is 0.0575. The van der Waals surface area contributed by atoms with E-state index >= 15 is 0 Å². The number of amides is 1. The number of benzene rings is 2. The van der Waals surface area contributed by atoms with Gasteiger partial charge in [-0.15, -0.1) is 0 Å². The number of rotatable bonds is 7. The second-order valence-electron chi connectivity index (χ2n) is 8.81. The molecule has 0 bridgehead atoms. The first-order valence-electron chi connectivity index (χ1n) is 11.0. The molecule has 0 fully saturated rings. The number of nitrogens with one attached hydrogen (secondary N) is 1. The number of ether oxygens (including phenoxy) is 1. The second kappa shape index (κ2) is 9.35. The first-order valence-corrected chi connectivity index (χ1v) is 11.0. The van der Waals surface area contributed by atoms with Crippen molar-refractivity contribution in [3.05, 3.63) is 77.5 Å². The molecule has 1 aromatic heterocycles. The van der Waals surface area contributed by atoms with E-state index in [1.54, 1.807) is 6.20 Å². The van der Waals surface area contributed by atoms with Crippen LogP contribution in [0.4, 0.5) is 5.82 Å². The Hall–Kier alpha value is -3.47. The van der Waals surface area contributed by atoms with Crippen molar-refractivity contribution in [2.24, 2.45) is 5.92 Å². The lowest BCUT2D eigenvalue weighted by Gasteiger charge is -2.22. The van der Waals surface area contributed by atoms with Crippen molar-refractivity contribution in [3.8, 4) is 16.9 Å². The molecule has 0 radical (unpaired) electrons. The van der Waals surface area contributed by atoms with Crippen LogP contribution < -0.4 is 10.1 Å². The van der Waals surface area contributed by atoms with E-state index in [4.69, 9.17) is 4.74 Å². The lowest BCUT2D eigenvalue weighted by Crippen LogP contribution is -2.15. The fourth-order valence-electron chi connectivity index (χ4n) is 4.00. The van der Waals surface area contributed by atoms with Crippen molar-refractivity contribution >= 4 is 17.5 Å². The van der Waals surface area contributed by atoms with E-state index in [-0.39, 0.29) is 23.5 Å². The van der Waals surface area contributed by atoms with Crippen molar-refractivity contribution in [1.82, 2.24) is 4.98 Å². The van der Waals surface area contributed by atoms with E-state index < -0.39 is 0 Å². The molecule has 3 aromatic rings. The van der Waals surface area contributed by atoms with Crippen LogP contribution in [0.25, 0.3) is 11.1 Å². The molecule has 5 nitrogen and oxygen atoms in total. The van der Waals surface area contributed by atoms with Crippen molar-refractivity contribution < 1.29 is 14.3 Å². The van der Waals surface area contributed by atoms with E-state index in [1.807, 2.05) is 56.3 Å². The number of pyridine rings is 1. The van der Waals surface area contributed by atoms with Gasteiger partial charge >= 0.3 is 0 Å². The topological polar surface area (TPSA) is 68.3 Å². The van der Waals surface area contributed by atoms with Gasteiger partial charge in [0, 0.05) is 24.0 Å².